The van der Waals surface area contributed by atoms with Gasteiger partial charge >= 0.3 is 12.0 Å². The zero-order chi connectivity index (χ0) is 38.6. The van der Waals surface area contributed by atoms with Crippen LogP contribution in [0.2, 0.25) is 0 Å². The van der Waals surface area contributed by atoms with Gasteiger partial charge in [-0.2, -0.15) is 0 Å². The van der Waals surface area contributed by atoms with Crippen LogP contribution in [0.4, 0.5) is 14.9 Å². The molecule has 14 heteroatoms. The zero-order valence-electron chi connectivity index (χ0n) is 31.1. The maximum Gasteiger partial charge on any atom is 0.407 e. The number of alkyl halides is 1. The summed E-state index contributed by atoms with van der Waals surface area (Å²) in [5, 5.41) is 6.20. The molecule has 1 aromatic heterocycles. The molecule has 1 aliphatic heterocycles. The first-order chi connectivity index (χ1) is 25.7. The number of furan rings is 1. The quantitative estimate of drug-likeness (QED) is 0.200. The van der Waals surface area contributed by atoms with E-state index in [4.69, 9.17) is 9.15 Å². The lowest BCUT2D eigenvalue weighted by atomic mass is 9.76. The van der Waals surface area contributed by atoms with Crippen LogP contribution in [0.1, 0.15) is 95.5 Å². The third-order valence-electron chi connectivity index (χ3n) is 11.1. The summed E-state index contributed by atoms with van der Waals surface area (Å²) in [5.41, 5.74) is 0.0845. The molecule has 6 rings (SSSR count). The second-order valence-corrected chi connectivity index (χ2v) is 17.6. The molecule has 54 heavy (non-hydrogen) atoms. The van der Waals surface area contributed by atoms with Crippen molar-refractivity contribution in [1.82, 2.24) is 14.9 Å². The van der Waals surface area contributed by atoms with E-state index in [1.54, 1.807) is 62.1 Å². The van der Waals surface area contributed by atoms with Crippen LogP contribution in [0.3, 0.4) is 0 Å². The molecule has 3 N–H and O–H groups in total. The smallest absolute Gasteiger partial charge is 0.407 e. The van der Waals surface area contributed by atoms with Crippen LogP contribution in [0.25, 0.3) is 11.0 Å². The number of hydrogen-bond acceptors (Lipinski definition) is 8. The van der Waals surface area contributed by atoms with E-state index in [0.29, 0.717) is 54.8 Å². The number of likely N-dealkylation sites (tertiary alicyclic amines) is 1. The fourth-order valence-electron chi connectivity index (χ4n) is 8.48. The van der Waals surface area contributed by atoms with Gasteiger partial charge in [-0.15, -0.1) is 0 Å². The Kier molecular flexibility index (Phi) is 12.0. The van der Waals surface area contributed by atoms with Crippen molar-refractivity contribution in [2.75, 3.05) is 18.5 Å². The van der Waals surface area contributed by atoms with Gasteiger partial charge in [0.2, 0.25) is 11.8 Å². The number of ether oxygens (including phenoxy) is 1. The van der Waals surface area contributed by atoms with E-state index < -0.39 is 46.4 Å². The molecule has 2 saturated carbocycles. The van der Waals surface area contributed by atoms with Gasteiger partial charge in [-0.3, -0.25) is 14.4 Å². The Morgan fingerprint density at radius 3 is 2.30 bits per heavy atom. The molecule has 3 atom stereocenters. The molecule has 2 aliphatic carbocycles. The monoisotopic (exact) mass is 766 g/mol. The van der Waals surface area contributed by atoms with Gasteiger partial charge in [0.05, 0.1) is 10.9 Å². The second-order valence-electron chi connectivity index (χ2n) is 15.9. The van der Waals surface area contributed by atoms with Crippen LogP contribution in [-0.2, 0) is 24.3 Å². The van der Waals surface area contributed by atoms with Gasteiger partial charge in [-0.25, -0.2) is 22.3 Å². The average molecular weight is 767 g/mol. The van der Waals surface area contributed by atoms with E-state index >= 15 is 0 Å². The number of carbonyl (C=O) groups excluding carboxylic acids is 4. The Morgan fingerprint density at radius 1 is 0.926 bits per heavy atom. The number of nitrogens with one attached hydrogen (secondary N) is 3. The van der Waals surface area contributed by atoms with Crippen molar-refractivity contribution in [3.8, 4) is 0 Å². The molecular formula is C40H51FN4O8S. The minimum absolute atomic E-state index is 0.0130. The number of rotatable bonds is 10. The molecule has 3 aliphatic rings. The molecule has 292 valence electrons. The Balaban J connectivity index is 1.13. The first-order valence-corrected chi connectivity index (χ1v) is 20.5. The van der Waals surface area contributed by atoms with E-state index in [1.165, 1.54) is 18.2 Å². The van der Waals surface area contributed by atoms with E-state index in [-0.39, 0.29) is 40.2 Å². The maximum absolute atomic E-state index is 14.2. The van der Waals surface area contributed by atoms with E-state index in [9.17, 15) is 32.0 Å². The fraction of sp³-hybridized carbons (Fsp3) is 0.550. The largest absolute Gasteiger partial charge is 0.451 e. The maximum atomic E-state index is 14.2. The molecule has 3 fully saturated rings. The van der Waals surface area contributed by atoms with Gasteiger partial charge in [0, 0.05) is 23.5 Å². The number of anilines is 1. The average Bonchev–Trinajstić information content (AvgIpc) is 3.79. The van der Waals surface area contributed by atoms with Crippen molar-refractivity contribution in [3.63, 3.8) is 0 Å². The van der Waals surface area contributed by atoms with Crippen molar-refractivity contribution in [3.05, 3.63) is 60.4 Å². The summed E-state index contributed by atoms with van der Waals surface area (Å²) in [6.45, 7) is 5.01. The van der Waals surface area contributed by atoms with Crippen molar-refractivity contribution >= 4 is 50.5 Å². The number of fused-ring (bicyclic) bond motifs is 1. The van der Waals surface area contributed by atoms with Crippen molar-refractivity contribution in [2.45, 2.75) is 108 Å². The number of amides is 4. The molecule has 12 nitrogen and oxygen atoms in total. The number of sulfonamides is 1. The number of nitrogens with zero attached hydrogens (tertiary/aromatic N) is 1. The van der Waals surface area contributed by atoms with Crippen LogP contribution < -0.4 is 15.4 Å². The van der Waals surface area contributed by atoms with Crippen LogP contribution >= 0.6 is 0 Å². The predicted octanol–water partition coefficient (Wildman–Crippen LogP) is 6.96. The summed E-state index contributed by atoms with van der Waals surface area (Å²) in [4.78, 5) is 55.4. The summed E-state index contributed by atoms with van der Waals surface area (Å²) < 4.78 is 52.5. The Morgan fingerprint density at radius 2 is 1.63 bits per heavy atom. The van der Waals surface area contributed by atoms with Gasteiger partial charge in [-0.05, 0) is 107 Å². The normalized spacial score (nSPS) is 23.1. The molecule has 1 saturated heterocycles. The molecule has 0 bridgehead atoms. The Bertz CT molecular complexity index is 1930. The lowest BCUT2D eigenvalue weighted by molar-refractivity contribution is -0.142. The van der Waals surface area contributed by atoms with Gasteiger partial charge < -0.3 is 24.7 Å². The predicted molar refractivity (Wildman–Crippen MR) is 201 cm³/mol. The molecular weight excluding hydrogens is 716 g/mol. The highest BCUT2D eigenvalue weighted by atomic mass is 32.2. The molecule has 2 heterocycles. The van der Waals surface area contributed by atoms with Gasteiger partial charge in [0.25, 0.3) is 10.0 Å². The highest BCUT2D eigenvalue weighted by Gasteiger charge is 2.47. The minimum atomic E-state index is -4.12. The van der Waals surface area contributed by atoms with Crippen LogP contribution in [0, 0.1) is 23.7 Å². The summed E-state index contributed by atoms with van der Waals surface area (Å²) in [7, 11) is -4.12. The number of hydrogen-bond donors (Lipinski definition) is 3. The van der Waals surface area contributed by atoms with Gasteiger partial charge in [0.15, 0.2) is 5.76 Å². The number of halogens is 1. The highest BCUT2D eigenvalue weighted by molar-refractivity contribution is 7.90. The summed E-state index contributed by atoms with van der Waals surface area (Å²) in [5.74, 6) is -1.56. The Hall–Kier alpha value is -4.46. The third-order valence-corrected chi connectivity index (χ3v) is 12.4. The molecule has 2 aromatic carbocycles. The molecule has 0 unspecified atom stereocenters. The van der Waals surface area contributed by atoms with Crippen LogP contribution in [0.5, 0.6) is 0 Å². The molecule has 0 spiro atoms. The van der Waals surface area contributed by atoms with Crippen LogP contribution in [0.15, 0.2) is 63.9 Å². The summed E-state index contributed by atoms with van der Waals surface area (Å²) in [6, 6.07) is 12.5. The van der Waals surface area contributed by atoms with E-state index in [1.807, 2.05) is 4.72 Å². The first-order valence-electron chi connectivity index (χ1n) is 19.0. The fourth-order valence-corrected chi connectivity index (χ4v) is 9.46. The summed E-state index contributed by atoms with van der Waals surface area (Å²) >= 11 is 0. The third kappa shape index (κ3) is 9.24. The van der Waals surface area contributed by atoms with Gasteiger partial charge in [-0.1, -0.05) is 50.3 Å². The van der Waals surface area contributed by atoms with Crippen molar-refractivity contribution in [2.24, 2.45) is 23.7 Å². The second kappa shape index (κ2) is 16.5. The highest BCUT2D eigenvalue weighted by Crippen LogP contribution is 2.41. The van der Waals surface area contributed by atoms with Gasteiger partial charge in [0.1, 0.15) is 23.9 Å². The van der Waals surface area contributed by atoms with Crippen LogP contribution in [-0.4, -0.2) is 68.0 Å². The first kappa shape index (κ1) is 39.2. The lowest BCUT2D eigenvalue weighted by Crippen LogP contribution is -2.50. The topological polar surface area (TPSA) is 164 Å². The lowest BCUT2D eigenvalue weighted by Gasteiger charge is -2.37. The molecule has 3 aromatic rings. The minimum Gasteiger partial charge on any atom is -0.451 e. The zero-order valence-corrected chi connectivity index (χ0v) is 32.0. The van der Waals surface area contributed by atoms with E-state index in [2.05, 4.69) is 10.6 Å². The number of benzene rings is 2. The number of alkyl carbamates (subject to hydrolysis) is 1. The van der Waals surface area contributed by atoms with Crippen molar-refractivity contribution < 1.29 is 41.1 Å². The van der Waals surface area contributed by atoms with Crippen molar-refractivity contribution in [1.29, 1.82) is 0 Å². The SMILES string of the molecule is CC(C)(C)OC(=O)N[C@H](CF)[C@H]1CC[C@H](C(=O)N2CC[C@@H](C3CCCCC3)[C@H]2C(=O)Nc2ccc3oc(C(=O)NS(=O)(=O)c4ccccc4)cc3c2)CC1. The number of carbonyl (C=O) groups is 4. The standard InChI is InChI=1S/C40H51FN4O8S/c1-40(2,3)53-39(49)43-32(24-41)26-14-16-27(17-15-26)38(48)45-21-20-31(25-10-6-4-7-11-25)35(45)37(47)42-29-18-19-33-28(22-29)23-34(52-33)36(46)44-54(50,51)30-12-8-5-9-13-30/h5,8-9,12-13,18-19,22-23,25-27,31-32,35H,4,6-7,10-11,14-17,20-21,24H2,1-3H3,(H,42,47)(H,43,49)(H,44,46)/t26-,27-,31-,32+,35-/m0/s1. The Labute approximate surface area is 316 Å². The molecule has 0 radical (unpaired) electrons. The summed E-state index contributed by atoms with van der Waals surface area (Å²) in [6.07, 6.45) is 7.68. The van der Waals surface area contributed by atoms with E-state index in [0.717, 1.165) is 38.5 Å². The molecule has 4 amide bonds.